The second-order valence-electron chi connectivity index (χ2n) is 6.79. The van der Waals surface area contributed by atoms with Crippen molar-refractivity contribution in [3.8, 4) is 0 Å². The van der Waals surface area contributed by atoms with Crippen LogP contribution in [0.15, 0.2) is 24.3 Å². The minimum absolute atomic E-state index is 0.197. The first-order valence-electron chi connectivity index (χ1n) is 7.57. The maximum Gasteiger partial charge on any atom is 0.0620 e. The van der Waals surface area contributed by atoms with Gasteiger partial charge in [0.05, 0.1) is 13.2 Å². The monoisotopic (exact) mass is 276 g/mol. The number of ether oxygens (including phenoxy) is 1. The Morgan fingerprint density at radius 3 is 2.45 bits per heavy atom. The normalized spacial score (nSPS) is 22.8. The molecule has 2 rings (SSSR count). The van der Waals surface area contributed by atoms with Gasteiger partial charge in [-0.1, -0.05) is 45.0 Å². The topological polar surface area (TPSA) is 38.5 Å². The van der Waals surface area contributed by atoms with E-state index in [4.69, 9.17) is 10.5 Å². The van der Waals surface area contributed by atoms with E-state index in [-0.39, 0.29) is 5.41 Å². The van der Waals surface area contributed by atoms with E-state index in [0.717, 1.165) is 19.8 Å². The fourth-order valence-electron chi connectivity index (χ4n) is 2.87. The van der Waals surface area contributed by atoms with Gasteiger partial charge in [-0.25, -0.2) is 0 Å². The van der Waals surface area contributed by atoms with Crippen LogP contribution >= 0.6 is 0 Å². The quantitative estimate of drug-likeness (QED) is 0.922. The molecule has 0 bridgehead atoms. The molecule has 1 fully saturated rings. The molecule has 0 aliphatic carbocycles. The van der Waals surface area contributed by atoms with E-state index in [1.54, 1.807) is 0 Å². The first-order chi connectivity index (χ1) is 9.43. The first-order valence-corrected chi connectivity index (χ1v) is 7.57. The molecule has 1 aromatic carbocycles. The standard InChI is InChI=1S/C17H28N2O/c1-13-12-20-10-9-19(13)16(11-18)14-5-7-15(8-6-14)17(2,3)4/h5-8,13,16H,9-12,18H2,1-4H3. The first kappa shape index (κ1) is 15.5. The largest absolute Gasteiger partial charge is 0.379 e. The third-order valence-electron chi connectivity index (χ3n) is 4.20. The molecule has 0 amide bonds. The Labute approximate surface area is 123 Å². The molecule has 0 saturated carbocycles. The highest BCUT2D eigenvalue weighted by molar-refractivity contribution is 5.29. The number of hydrogen-bond acceptors (Lipinski definition) is 3. The van der Waals surface area contributed by atoms with Gasteiger partial charge in [-0.15, -0.1) is 0 Å². The Balaban J connectivity index is 2.19. The minimum Gasteiger partial charge on any atom is -0.379 e. The summed E-state index contributed by atoms with van der Waals surface area (Å²) in [6.45, 7) is 12.2. The van der Waals surface area contributed by atoms with Crippen LogP contribution in [0.3, 0.4) is 0 Å². The van der Waals surface area contributed by atoms with E-state index in [1.807, 2.05) is 0 Å². The molecule has 0 radical (unpaired) electrons. The van der Waals surface area contributed by atoms with E-state index >= 15 is 0 Å². The number of morpholine rings is 1. The molecule has 2 atom stereocenters. The van der Waals surface area contributed by atoms with Crippen LogP contribution in [0.2, 0.25) is 0 Å². The van der Waals surface area contributed by atoms with Gasteiger partial charge in [-0.05, 0) is 23.5 Å². The van der Waals surface area contributed by atoms with Crippen molar-refractivity contribution in [1.82, 2.24) is 4.90 Å². The van der Waals surface area contributed by atoms with Crippen LogP contribution in [0.4, 0.5) is 0 Å². The van der Waals surface area contributed by atoms with E-state index in [9.17, 15) is 0 Å². The van der Waals surface area contributed by atoms with E-state index in [2.05, 4.69) is 56.9 Å². The van der Waals surface area contributed by atoms with Crippen molar-refractivity contribution in [2.45, 2.75) is 45.2 Å². The highest BCUT2D eigenvalue weighted by atomic mass is 16.5. The molecule has 0 spiro atoms. The molecule has 1 aromatic rings. The van der Waals surface area contributed by atoms with Gasteiger partial charge >= 0.3 is 0 Å². The third-order valence-corrected chi connectivity index (χ3v) is 4.20. The zero-order chi connectivity index (χ0) is 14.8. The lowest BCUT2D eigenvalue weighted by atomic mass is 9.86. The Morgan fingerprint density at radius 1 is 1.30 bits per heavy atom. The van der Waals surface area contributed by atoms with Crippen LogP contribution in [0.5, 0.6) is 0 Å². The number of benzene rings is 1. The van der Waals surface area contributed by atoms with Gasteiger partial charge < -0.3 is 10.5 Å². The predicted molar refractivity (Wildman–Crippen MR) is 83.9 cm³/mol. The lowest BCUT2D eigenvalue weighted by Gasteiger charge is -2.39. The summed E-state index contributed by atoms with van der Waals surface area (Å²) < 4.78 is 5.52. The van der Waals surface area contributed by atoms with Gasteiger partial charge in [0.25, 0.3) is 0 Å². The van der Waals surface area contributed by atoms with Crippen LogP contribution in [0.25, 0.3) is 0 Å². The Hall–Kier alpha value is -0.900. The van der Waals surface area contributed by atoms with Crippen molar-refractivity contribution in [3.63, 3.8) is 0 Å². The molecule has 1 saturated heterocycles. The van der Waals surface area contributed by atoms with Gasteiger partial charge in [0.15, 0.2) is 0 Å². The number of rotatable bonds is 3. The third kappa shape index (κ3) is 3.40. The van der Waals surface area contributed by atoms with Crippen molar-refractivity contribution in [1.29, 1.82) is 0 Å². The second-order valence-corrected chi connectivity index (χ2v) is 6.79. The molecule has 3 heteroatoms. The molecular weight excluding hydrogens is 248 g/mol. The zero-order valence-corrected chi connectivity index (χ0v) is 13.2. The van der Waals surface area contributed by atoms with Crippen molar-refractivity contribution < 1.29 is 4.74 Å². The average Bonchev–Trinajstić information content (AvgIpc) is 2.41. The highest BCUT2D eigenvalue weighted by Crippen LogP contribution is 2.27. The van der Waals surface area contributed by atoms with Crippen LogP contribution in [0.1, 0.15) is 44.9 Å². The van der Waals surface area contributed by atoms with Crippen molar-refractivity contribution in [2.75, 3.05) is 26.3 Å². The highest BCUT2D eigenvalue weighted by Gasteiger charge is 2.27. The second kappa shape index (κ2) is 6.25. The van der Waals surface area contributed by atoms with Gasteiger partial charge in [0, 0.05) is 25.2 Å². The summed E-state index contributed by atoms with van der Waals surface area (Å²) in [5, 5.41) is 0. The summed E-state index contributed by atoms with van der Waals surface area (Å²) in [6.07, 6.45) is 0. The van der Waals surface area contributed by atoms with Gasteiger partial charge in [0.1, 0.15) is 0 Å². The van der Waals surface area contributed by atoms with Crippen molar-refractivity contribution in [2.24, 2.45) is 5.73 Å². The fourth-order valence-corrected chi connectivity index (χ4v) is 2.87. The van der Waals surface area contributed by atoms with Gasteiger partial charge in [0.2, 0.25) is 0 Å². The summed E-state index contributed by atoms with van der Waals surface area (Å²) in [5.74, 6) is 0. The van der Waals surface area contributed by atoms with Crippen LogP contribution in [-0.4, -0.2) is 37.2 Å². The summed E-state index contributed by atoms with van der Waals surface area (Å²) >= 11 is 0. The molecule has 2 unspecified atom stereocenters. The lowest BCUT2D eigenvalue weighted by Crippen LogP contribution is -2.47. The molecule has 20 heavy (non-hydrogen) atoms. The van der Waals surface area contributed by atoms with E-state index in [0.29, 0.717) is 18.6 Å². The molecular formula is C17H28N2O. The number of nitrogens with two attached hydrogens (primary N) is 1. The molecule has 2 N–H and O–H groups in total. The Bertz CT molecular complexity index is 422. The molecule has 1 aliphatic rings. The van der Waals surface area contributed by atoms with E-state index in [1.165, 1.54) is 11.1 Å². The van der Waals surface area contributed by atoms with Crippen molar-refractivity contribution >= 4 is 0 Å². The smallest absolute Gasteiger partial charge is 0.0620 e. The number of nitrogens with zero attached hydrogens (tertiary/aromatic N) is 1. The van der Waals surface area contributed by atoms with Crippen LogP contribution in [-0.2, 0) is 10.2 Å². The Morgan fingerprint density at radius 2 is 1.95 bits per heavy atom. The number of hydrogen-bond donors (Lipinski definition) is 1. The fraction of sp³-hybridized carbons (Fsp3) is 0.647. The van der Waals surface area contributed by atoms with Crippen LogP contribution in [0, 0.1) is 0 Å². The molecule has 0 aromatic heterocycles. The molecule has 1 aliphatic heterocycles. The summed E-state index contributed by atoms with van der Waals surface area (Å²) in [4.78, 5) is 2.47. The minimum atomic E-state index is 0.197. The summed E-state index contributed by atoms with van der Waals surface area (Å²) in [6, 6.07) is 9.68. The molecule has 1 heterocycles. The maximum atomic E-state index is 6.04. The summed E-state index contributed by atoms with van der Waals surface area (Å²) in [5.41, 5.74) is 8.92. The Kier molecular flexibility index (Phi) is 4.84. The summed E-state index contributed by atoms with van der Waals surface area (Å²) in [7, 11) is 0. The molecule has 112 valence electrons. The predicted octanol–water partition coefficient (Wildman–Crippen LogP) is 2.70. The van der Waals surface area contributed by atoms with Gasteiger partial charge in [-0.2, -0.15) is 0 Å². The lowest BCUT2D eigenvalue weighted by molar-refractivity contribution is -0.0209. The average molecular weight is 276 g/mol. The SMILES string of the molecule is CC1COCCN1C(CN)c1ccc(C(C)(C)C)cc1. The van der Waals surface area contributed by atoms with Gasteiger partial charge in [-0.3, -0.25) is 4.90 Å². The van der Waals surface area contributed by atoms with Crippen molar-refractivity contribution in [3.05, 3.63) is 35.4 Å². The molecule has 3 nitrogen and oxygen atoms in total. The maximum absolute atomic E-state index is 6.04. The van der Waals surface area contributed by atoms with Crippen LogP contribution < -0.4 is 5.73 Å². The zero-order valence-electron chi connectivity index (χ0n) is 13.2. The van der Waals surface area contributed by atoms with E-state index < -0.39 is 0 Å².